The van der Waals surface area contributed by atoms with Crippen LogP contribution in [0.5, 0.6) is 0 Å². The summed E-state index contributed by atoms with van der Waals surface area (Å²) in [6.07, 6.45) is 34.5. The number of hydrogen-bond acceptors (Lipinski definition) is 4. The van der Waals surface area contributed by atoms with Crippen molar-refractivity contribution in [1.29, 1.82) is 0 Å². The van der Waals surface area contributed by atoms with Gasteiger partial charge in [0.1, 0.15) is 6.10 Å². The molecule has 210 valence electrons. The van der Waals surface area contributed by atoms with Gasteiger partial charge < -0.3 is 14.6 Å². The molecule has 4 nitrogen and oxygen atoms in total. The van der Waals surface area contributed by atoms with E-state index in [1.54, 1.807) is 0 Å². The summed E-state index contributed by atoms with van der Waals surface area (Å²) in [5, 5.41) is 9.47. The lowest BCUT2D eigenvalue weighted by Crippen LogP contribution is -2.27. The van der Waals surface area contributed by atoms with E-state index < -0.39 is 6.10 Å². The van der Waals surface area contributed by atoms with Crippen molar-refractivity contribution in [3.05, 3.63) is 36.5 Å². The average Bonchev–Trinajstić information content (AvgIpc) is 2.88. The Labute approximate surface area is 223 Å². The zero-order valence-electron chi connectivity index (χ0n) is 23.8. The van der Waals surface area contributed by atoms with Crippen LogP contribution in [0.4, 0.5) is 0 Å². The van der Waals surface area contributed by atoms with Gasteiger partial charge >= 0.3 is 5.97 Å². The van der Waals surface area contributed by atoms with Gasteiger partial charge in [0.2, 0.25) is 0 Å². The van der Waals surface area contributed by atoms with Crippen LogP contribution in [0.3, 0.4) is 0 Å². The van der Waals surface area contributed by atoms with Crippen LogP contribution in [0.2, 0.25) is 0 Å². The first-order valence-electron chi connectivity index (χ1n) is 15.1. The van der Waals surface area contributed by atoms with Crippen molar-refractivity contribution in [3.8, 4) is 0 Å². The summed E-state index contributed by atoms with van der Waals surface area (Å²) in [4.78, 5) is 12.0. The molecule has 0 fully saturated rings. The Hall–Kier alpha value is -1.39. The summed E-state index contributed by atoms with van der Waals surface area (Å²) in [6.45, 7) is 5.19. The third kappa shape index (κ3) is 27.2. The van der Waals surface area contributed by atoms with Gasteiger partial charge in [0.15, 0.2) is 0 Å². The van der Waals surface area contributed by atoms with Crippen molar-refractivity contribution in [2.24, 2.45) is 0 Å². The van der Waals surface area contributed by atoms with Crippen molar-refractivity contribution in [3.63, 3.8) is 0 Å². The Bertz CT molecular complexity index is 538. The highest BCUT2D eigenvalue weighted by molar-refractivity contribution is 5.69. The zero-order valence-corrected chi connectivity index (χ0v) is 23.8. The summed E-state index contributed by atoms with van der Waals surface area (Å²) >= 11 is 0. The second kappa shape index (κ2) is 29.8. The predicted molar refractivity (Wildman–Crippen MR) is 154 cm³/mol. The molecule has 1 atom stereocenters. The summed E-state index contributed by atoms with van der Waals surface area (Å²) < 4.78 is 11.0. The van der Waals surface area contributed by atoms with Crippen LogP contribution in [0, 0.1) is 0 Å². The summed E-state index contributed by atoms with van der Waals surface area (Å²) in [5.74, 6) is -0.220. The first-order chi connectivity index (χ1) is 17.7. The SMILES string of the molecule is CC/C=C\C/C=C\C/C=C\CCCCCCCC(=O)OC(CO)COCCCCCCCCCCC. The standard InChI is InChI=1S/C32H58O4/c1-3-5-7-9-11-13-14-15-16-17-18-19-21-23-25-27-32(34)36-31(29-33)30-35-28-26-24-22-20-12-10-8-6-4-2/h5,7,11,13,15-16,31,33H,3-4,6,8-10,12,14,17-30H2,1-2H3/b7-5-,13-11-,16-15-. The Kier molecular flexibility index (Phi) is 28.7. The predicted octanol–water partition coefficient (Wildman–Crippen LogP) is 9.03. The van der Waals surface area contributed by atoms with Gasteiger partial charge in [-0.2, -0.15) is 0 Å². The van der Waals surface area contributed by atoms with E-state index >= 15 is 0 Å². The molecule has 0 aromatic carbocycles. The van der Waals surface area contributed by atoms with Crippen LogP contribution in [-0.2, 0) is 14.3 Å². The highest BCUT2D eigenvalue weighted by Crippen LogP contribution is 2.11. The van der Waals surface area contributed by atoms with Gasteiger partial charge in [-0.3, -0.25) is 4.79 Å². The van der Waals surface area contributed by atoms with E-state index in [0.717, 1.165) is 51.4 Å². The van der Waals surface area contributed by atoms with E-state index in [9.17, 15) is 9.90 Å². The minimum absolute atomic E-state index is 0.178. The van der Waals surface area contributed by atoms with Gasteiger partial charge in [-0.25, -0.2) is 0 Å². The van der Waals surface area contributed by atoms with Crippen molar-refractivity contribution >= 4 is 5.97 Å². The molecule has 0 aromatic rings. The van der Waals surface area contributed by atoms with Crippen LogP contribution < -0.4 is 0 Å². The van der Waals surface area contributed by atoms with Gasteiger partial charge in [0.25, 0.3) is 0 Å². The van der Waals surface area contributed by atoms with E-state index in [-0.39, 0.29) is 12.6 Å². The fraction of sp³-hybridized carbons (Fsp3) is 0.781. The molecule has 4 heteroatoms. The van der Waals surface area contributed by atoms with E-state index in [2.05, 4.69) is 50.3 Å². The maximum atomic E-state index is 12.0. The number of aliphatic hydroxyl groups excluding tert-OH is 1. The Morgan fingerprint density at radius 1 is 0.694 bits per heavy atom. The molecule has 0 radical (unpaired) electrons. The number of ether oxygens (including phenoxy) is 2. The molecule has 0 amide bonds. The summed E-state index contributed by atoms with van der Waals surface area (Å²) in [7, 11) is 0. The van der Waals surface area contributed by atoms with Crippen molar-refractivity contribution < 1.29 is 19.4 Å². The van der Waals surface area contributed by atoms with Crippen molar-refractivity contribution in [1.82, 2.24) is 0 Å². The van der Waals surface area contributed by atoms with Gasteiger partial charge in [-0.1, -0.05) is 121 Å². The van der Waals surface area contributed by atoms with Crippen LogP contribution >= 0.6 is 0 Å². The number of carbonyl (C=O) groups is 1. The number of aliphatic hydroxyl groups is 1. The van der Waals surface area contributed by atoms with Crippen molar-refractivity contribution in [2.75, 3.05) is 19.8 Å². The average molecular weight is 507 g/mol. The zero-order chi connectivity index (χ0) is 26.4. The molecule has 0 saturated carbocycles. The monoisotopic (exact) mass is 506 g/mol. The lowest BCUT2D eigenvalue weighted by molar-refractivity contribution is -0.154. The fourth-order valence-corrected chi connectivity index (χ4v) is 3.99. The van der Waals surface area contributed by atoms with Crippen LogP contribution in [0.15, 0.2) is 36.5 Å². The number of allylic oxidation sites excluding steroid dienone is 6. The molecule has 0 aliphatic heterocycles. The highest BCUT2D eigenvalue weighted by atomic mass is 16.6. The third-order valence-corrected chi connectivity index (χ3v) is 6.23. The van der Waals surface area contributed by atoms with E-state index in [1.807, 2.05) is 0 Å². The lowest BCUT2D eigenvalue weighted by atomic mass is 10.1. The number of carbonyl (C=O) groups excluding carboxylic acids is 1. The highest BCUT2D eigenvalue weighted by Gasteiger charge is 2.13. The van der Waals surface area contributed by atoms with Crippen molar-refractivity contribution in [2.45, 2.75) is 142 Å². The van der Waals surface area contributed by atoms with Gasteiger partial charge in [-0.05, 0) is 44.9 Å². The molecule has 0 aliphatic carbocycles. The molecule has 0 rings (SSSR count). The molecule has 0 aromatic heterocycles. The van der Waals surface area contributed by atoms with E-state index in [0.29, 0.717) is 19.6 Å². The maximum Gasteiger partial charge on any atom is 0.306 e. The number of unbranched alkanes of at least 4 members (excludes halogenated alkanes) is 13. The van der Waals surface area contributed by atoms with Crippen LogP contribution in [-0.4, -0.2) is 37.0 Å². The topological polar surface area (TPSA) is 55.8 Å². The Morgan fingerprint density at radius 3 is 1.89 bits per heavy atom. The number of rotatable bonds is 27. The lowest BCUT2D eigenvalue weighted by Gasteiger charge is -2.15. The van der Waals surface area contributed by atoms with Gasteiger partial charge in [0.05, 0.1) is 13.2 Å². The first kappa shape index (κ1) is 34.6. The first-order valence-corrected chi connectivity index (χ1v) is 15.1. The summed E-state index contributed by atoms with van der Waals surface area (Å²) in [6, 6.07) is 0. The largest absolute Gasteiger partial charge is 0.457 e. The fourth-order valence-electron chi connectivity index (χ4n) is 3.99. The van der Waals surface area contributed by atoms with Crippen LogP contribution in [0.1, 0.15) is 136 Å². The van der Waals surface area contributed by atoms with E-state index in [1.165, 1.54) is 64.2 Å². The molecule has 0 aliphatic rings. The second-order valence-corrected chi connectivity index (χ2v) is 9.80. The number of esters is 1. The minimum atomic E-state index is -0.537. The molecular weight excluding hydrogens is 448 g/mol. The normalized spacial score (nSPS) is 12.9. The molecule has 0 heterocycles. The second-order valence-electron chi connectivity index (χ2n) is 9.80. The van der Waals surface area contributed by atoms with Gasteiger partial charge in [0, 0.05) is 13.0 Å². The van der Waals surface area contributed by atoms with Crippen LogP contribution in [0.25, 0.3) is 0 Å². The third-order valence-electron chi connectivity index (χ3n) is 6.23. The van der Waals surface area contributed by atoms with E-state index in [4.69, 9.17) is 9.47 Å². The van der Waals surface area contributed by atoms with Gasteiger partial charge in [-0.15, -0.1) is 0 Å². The molecule has 1 unspecified atom stereocenters. The quantitative estimate of drug-likeness (QED) is 0.0686. The molecular formula is C32H58O4. The number of hydrogen-bond donors (Lipinski definition) is 1. The molecule has 0 bridgehead atoms. The summed E-state index contributed by atoms with van der Waals surface area (Å²) in [5.41, 5.74) is 0. The molecule has 0 saturated heterocycles. The Balaban J connectivity index is 3.52. The molecule has 36 heavy (non-hydrogen) atoms. The molecule has 0 spiro atoms. The Morgan fingerprint density at radius 2 is 1.25 bits per heavy atom. The smallest absolute Gasteiger partial charge is 0.306 e. The minimum Gasteiger partial charge on any atom is -0.457 e. The maximum absolute atomic E-state index is 12.0. The molecule has 1 N–H and O–H groups in total.